The van der Waals surface area contributed by atoms with Crippen LogP contribution in [0.4, 0.5) is 0 Å². The number of carbonyl (C=O) groups is 2. The number of carbonyl (C=O) groups excluding carboxylic acids is 1. The Morgan fingerprint density at radius 2 is 1.64 bits per heavy atom. The summed E-state index contributed by atoms with van der Waals surface area (Å²) in [6.07, 6.45) is -5.91. The number of carboxylic acids is 1. The third-order valence-electron chi connectivity index (χ3n) is 6.46. The van der Waals surface area contributed by atoms with E-state index >= 15 is 0 Å². The molecule has 2 rings (SSSR count). The average molecular weight is 608 g/mol. The van der Waals surface area contributed by atoms with Crippen LogP contribution in [-0.4, -0.2) is 115 Å². The van der Waals surface area contributed by atoms with Crippen molar-refractivity contribution in [3.63, 3.8) is 0 Å². The van der Waals surface area contributed by atoms with Gasteiger partial charge in [-0.25, -0.2) is 13.2 Å². The van der Waals surface area contributed by atoms with Gasteiger partial charge in [-0.1, -0.05) is 6.92 Å². The minimum atomic E-state index is -5.16. The fraction of sp³-hybridized carbons (Fsp3) is 0.800. The number of ether oxygens (including phenoxy) is 3. The van der Waals surface area contributed by atoms with Gasteiger partial charge in [0.2, 0.25) is 11.7 Å². The predicted octanol–water partition coefficient (Wildman–Crippen LogP) is -1.82. The topological polar surface area (TPSA) is 262 Å². The predicted molar refractivity (Wildman–Crippen MR) is 127 cm³/mol. The molecule has 1 fully saturated rings. The van der Waals surface area contributed by atoms with Gasteiger partial charge < -0.3 is 34.8 Å². The van der Waals surface area contributed by atoms with E-state index in [0.29, 0.717) is 6.08 Å². The van der Waals surface area contributed by atoms with Gasteiger partial charge in [0, 0.05) is 12.3 Å². The summed E-state index contributed by atoms with van der Waals surface area (Å²) in [4.78, 5) is 23.3. The molecule has 2 aliphatic heterocycles. The van der Waals surface area contributed by atoms with E-state index in [1.165, 1.54) is 27.7 Å². The number of hydrogen-bond donors (Lipinski definition) is 6. The number of aliphatic hydroxyl groups excluding tert-OH is 2. The summed E-state index contributed by atoms with van der Waals surface area (Å²) >= 11 is 0. The van der Waals surface area contributed by atoms with E-state index < -0.39 is 105 Å². The van der Waals surface area contributed by atoms with Gasteiger partial charge in [0.1, 0.15) is 6.10 Å². The van der Waals surface area contributed by atoms with Crippen LogP contribution in [0.3, 0.4) is 0 Å². The van der Waals surface area contributed by atoms with Crippen molar-refractivity contribution in [3.05, 3.63) is 11.8 Å². The second-order valence-corrected chi connectivity index (χ2v) is 12.4. The molecule has 17 nitrogen and oxygen atoms in total. The zero-order valence-electron chi connectivity index (χ0n) is 21.6. The Morgan fingerprint density at radius 1 is 1.05 bits per heavy atom. The number of carboxylic acid groups (broad SMARTS) is 1. The monoisotopic (exact) mass is 607 g/mol. The van der Waals surface area contributed by atoms with Crippen molar-refractivity contribution in [2.45, 2.75) is 76.3 Å². The first-order chi connectivity index (χ1) is 17.5. The first-order valence-electron chi connectivity index (χ1n) is 11.3. The Kier molecular flexibility index (Phi) is 9.82. The van der Waals surface area contributed by atoms with E-state index in [-0.39, 0.29) is 0 Å². The molecule has 3 unspecified atom stereocenters. The molecule has 0 bridgehead atoms. The fourth-order valence-corrected chi connectivity index (χ4v) is 5.36. The standard InChI is InChI=1S/C20H33NO16S2/c1-10(22)21-14-15(24)19(4,13(36-18(14,2)3)7-34-38(27,28)29)8-33-9-20(5)16(37-39(30,31)32)11(23)6-12(35-20)17(25)26/h6,11,13-16,23-24H,7-9H2,1-5H3,(H,21,22)(H,25,26)(H,27,28,29)(H,30,31,32)/t11-,13?,14?,15+,16?,19-,20-/m1/s1. The van der Waals surface area contributed by atoms with Crippen molar-refractivity contribution in [1.29, 1.82) is 0 Å². The number of aliphatic hydroxyl groups is 2. The van der Waals surface area contributed by atoms with Gasteiger partial charge in [-0.3, -0.25) is 13.9 Å². The van der Waals surface area contributed by atoms with Crippen LogP contribution in [0.25, 0.3) is 0 Å². The molecule has 0 aromatic carbocycles. The van der Waals surface area contributed by atoms with Crippen LogP contribution >= 0.6 is 0 Å². The molecule has 0 saturated carbocycles. The lowest BCUT2D eigenvalue weighted by atomic mass is 9.70. The summed E-state index contributed by atoms with van der Waals surface area (Å²) in [5, 5.41) is 33.5. The highest BCUT2D eigenvalue weighted by atomic mass is 32.3. The summed E-state index contributed by atoms with van der Waals surface area (Å²) in [6.45, 7) is 4.67. The van der Waals surface area contributed by atoms with E-state index in [0.717, 1.165) is 6.92 Å². The molecule has 2 aliphatic rings. The van der Waals surface area contributed by atoms with Crippen molar-refractivity contribution in [2.75, 3.05) is 19.8 Å². The lowest BCUT2D eigenvalue weighted by molar-refractivity contribution is -0.255. The molecule has 0 spiro atoms. The van der Waals surface area contributed by atoms with Crippen LogP contribution in [0.1, 0.15) is 34.6 Å². The second kappa shape index (κ2) is 11.5. The lowest BCUT2D eigenvalue weighted by Gasteiger charge is -2.54. The Hall–Kier alpha value is -1.94. The van der Waals surface area contributed by atoms with Gasteiger partial charge in [-0.2, -0.15) is 16.8 Å². The van der Waals surface area contributed by atoms with Crippen LogP contribution in [-0.2, 0) is 53.0 Å². The van der Waals surface area contributed by atoms with Gasteiger partial charge in [0.25, 0.3) is 0 Å². The van der Waals surface area contributed by atoms with Crippen LogP contribution in [0.2, 0.25) is 0 Å². The van der Waals surface area contributed by atoms with E-state index in [2.05, 4.69) is 13.7 Å². The molecule has 0 aromatic heterocycles. The molecule has 1 saturated heterocycles. The smallest absolute Gasteiger partial charge is 0.397 e. The van der Waals surface area contributed by atoms with Crippen molar-refractivity contribution >= 4 is 32.7 Å². The maximum Gasteiger partial charge on any atom is 0.397 e. The summed E-state index contributed by atoms with van der Waals surface area (Å²) in [6, 6.07) is -1.06. The Labute approximate surface area is 224 Å². The maximum atomic E-state index is 11.8. The molecule has 0 aromatic rings. The molecule has 6 N–H and O–H groups in total. The summed E-state index contributed by atoms with van der Waals surface area (Å²) < 4.78 is 89.3. The molecule has 0 radical (unpaired) electrons. The Bertz CT molecular complexity index is 1180. The van der Waals surface area contributed by atoms with E-state index in [4.69, 9.17) is 23.3 Å². The van der Waals surface area contributed by atoms with Gasteiger partial charge in [-0.15, -0.1) is 0 Å². The number of hydrogen-bond acceptors (Lipinski definition) is 13. The first kappa shape index (κ1) is 33.3. The summed E-state index contributed by atoms with van der Waals surface area (Å²) in [7, 11) is -10.1. The number of nitrogens with one attached hydrogen (secondary N) is 1. The van der Waals surface area contributed by atoms with Crippen LogP contribution < -0.4 is 5.32 Å². The first-order valence-corrected chi connectivity index (χ1v) is 14.0. The highest BCUT2D eigenvalue weighted by Crippen LogP contribution is 2.42. The molecule has 39 heavy (non-hydrogen) atoms. The average Bonchev–Trinajstić information content (AvgIpc) is 2.74. The lowest BCUT2D eigenvalue weighted by Crippen LogP contribution is -2.71. The molecule has 1 amide bonds. The molecule has 226 valence electrons. The maximum absolute atomic E-state index is 11.8. The largest absolute Gasteiger partial charge is 0.475 e. The number of aliphatic carboxylic acids is 1. The molecular formula is C20H33NO16S2. The zero-order valence-corrected chi connectivity index (χ0v) is 23.3. The second-order valence-electron chi connectivity index (χ2n) is 10.2. The van der Waals surface area contributed by atoms with Crippen molar-refractivity contribution in [3.8, 4) is 0 Å². The minimum absolute atomic E-state index is 0.526. The molecule has 7 atom stereocenters. The van der Waals surface area contributed by atoms with Crippen molar-refractivity contribution in [1.82, 2.24) is 5.32 Å². The van der Waals surface area contributed by atoms with Gasteiger partial charge in [0.15, 0.2) is 11.7 Å². The third-order valence-corrected chi connectivity index (χ3v) is 7.35. The van der Waals surface area contributed by atoms with Crippen molar-refractivity contribution < 1.29 is 73.4 Å². The SMILES string of the molecule is CC(=O)NC1[C@H](O)[C@](C)(COC[C@@]2(C)OC(C(=O)O)=C[C@@H](O)C2OS(=O)(=O)O)C(COS(=O)(=O)O)OC1(C)C. The molecule has 19 heteroatoms. The fourth-order valence-electron chi connectivity index (χ4n) is 4.49. The summed E-state index contributed by atoms with van der Waals surface area (Å²) in [5.74, 6) is -2.92. The normalized spacial score (nSPS) is 35.0. The molecular weight excluding hydrogens is 574 g/mol. The van der Waals surface area contributed by atoms with Gasteiger partial charge >= 0.3 is 26.8 Å². The van der Waals surface area contributed by atoms with Crippen LogP contribution in [0, 0.1) is 5.41 Å². The highest BCUT2D eigenvalue weighted by molar-refractivity contribution is 7.81. The zero-order chi connectivity index (χ0) is 30.2. The van der Waals surface area contributed by atoms with E-state index in [1.807, 2.05) is 0 Å². The molecule has 0 aliphatic carbocycles. The number of amides is 1. The number of rotatable bonds is 11. The minimum Gasteiger partial charge on any atom is -0.475 e. The Balaban J connectivity index is 2.39. The molecule has 2 heterocycles. The van der Waals surface area contributed by atoms with E-state index in [1.54, 1.807) is 0 Å². The van der Waals surface area contributed by atoms with Crippen LogP contribution in [0.5, 0.6) is 0 Å². The van der Waals surface area contributed by atoms with Crippen molar-refractivity contribution in [2.24, 2.45) is 5.41 Å². The Morgan fingerprint density at radius 3 is 2.13 bits per heavy atom. The van der Waals surface area contributed by atoms with Crippen LogP contribution in [0.15, 0.2) is 11.8 Å². The summed E-state index contributed by atoms with van der Waals surface area (Å²) in [5.41, 5.74) is -4.93. The van der Waals surface area contributed by atoms with Gasteiger partial charge in [-0.05, 0) is 26.8 Å². The highest BCUT2D eigenvalue weighted by Gasteiger charge is 2.57. The quantitative estimate of drug-likeness (QED) is 0.141. The third kappa shape index (κ3) is 8.28. The van der Waals surface area contributed by atoms with E-state index in [9.17, 15) is 41.7 Å². The van der Waals surface area contributed by atoms with Gasteiger partial charge in [0.05, 0.1) is 43.7 Å².